The van der Waals surface area contributed by atoms with E-state index in [1.807, 2.05) is 50.2 Å². The number of nitrogens with zero attached hydrogens (tertiary/aromatic N) is 4. The summed E-state index contributed by atoms with van der Waals surface area (Å²) in [5, 5.41) is 8.16. The second kappa shape index (κ2) is 8.80. The highest BCUT2D eigenvalue weighted by molar-refractivity contribution is 6.32. The predicted octanol–water partition coefficient (Wildman–Crippen LogP) is 3.67. The lowest BCUT2D eigenvalue weighted by atomic mass is 10.2. The summed E-state index contributed by atoms with van der Waals surface area (Å²) in [7, 11) is 0. The standard InChI is InChI=1S/C21H24ClN5O2/c1-14-11-21(24-15(2)23-14)27-8-10-29-20(13-27)18-12-16(25-26-18)7-9-28-19-6-4-3-5-17(19)22/h3-6,11-12,20H,7-10,13H2,1-2H3,(H,25,26)/t20-/m0/s1. The average molecular weight is 414 g/mol. The molecule has 2 aromatic heterocycles. The van der Waals surface area contributed by atoms with E-state index < -0.39 is 0 Å². The Labute approximate surface area is 175 Å². The Hall–Kier alpha value is -2.64. The molecule has 8 heteroatoms. The Morgan fingerprint density at radius 2 is 2.10 bits per heavy atom. The Kier molecular flexibility index (Phi) is 5.97. The highest BCUT2D eigenvalue weighted by Gasteiger charge is 2.25. The van der Waals surface area contributed by atoms with Crippen LogP contribution in [0.25, 0.3) is 0 Å². The van der Waals surface area contributed by atoms with Gasteiger partial charge >= 0.3 is 0 Å². The van der Waals surface area contributed by atoms with E-state index in [-0.39, 0.29) is 6.10 Å². The van der Waals surface area contributed by atoms with E-state index in [1.165, 1.54) is 0 Å². The molecule has 1 atom stereocenters. The second-order valence-corrected chi connectivity index (χ2v) is 7.47. The molecule has 1 saturated heterocycles. The first-order valence-electron chi connectivity index (χ1n) is 9.69. The number of nitrogens with one attached hydrogen (secondary N) is 1. The smallest absolute Gasteiger partial charge is 0.137 e. The molecule has 1 fully saturated rings. The molecule has 1 N–H and O–H groups in total. The molecule has 0 aliphatic carbocycles. The van der Waals surface area contributed by atoms with Crippen molar-refractivity contribution in [2.24, 2.45) is 0 Å². The minimum absolute atomic E-state index is 0.103. The van der Waals surface area contributed by atoms with Crippen molar-refractivity contribution in [1.29, 1.82) is 0 Å². The molecule has 0 saturated carbocycles. The zero-order valence-electron chi connectivity index (χ0n) is 16.6. The van der Waals surface area contributed by atoms with Gasteiger partial charge in [0.25, 0.3) is 0 Å². The fourth-order valence-electron chi connectivity index (χ4n) is 3.40. The van der Waals surface area contributed by atoms with E-state index in [0.717, 1.165) is 35.3 Å². The number of aryl methyl sites for hydroxylation is 2. The maximum absolute atomic E-state index is 6.12. The van der Waals surface area contributed by atoms with Crippen molar-refractivity contribution in [3.63, 3.8) is 0 Å². The first-order valence-corrected chi connectivity index (χ1v) is 10.1. The third kappa shape index (κ3) is 4.86. The van der Waals surface area contributed by atoms with Crippen molar-refractivity contribution in [3.05, 3.63) is 64.3 Å². The number of morpholine rings is 1. The van der Waals surface area contributed by atoms with E-state index in [2.05, 4.69) is 25.1 Å². The number of anilines is 1. The first kappa shape index (κ1) is 19.7. The Morgan fingerprint density at radius 3 is 2.93 bits per heavy atom. The Bertz CT molecular complexity index is 957. The van der Waals surface area contributed by atoms with Crippen LogP contribution < -0.4 is 9.64 Å². The van der Waals surface area contributed by atoms with Crippen LogP contribution in [0.5, 0.6) is 5.75 Å². The van der Waals surface area contributed by atoms with Gasteiger partial charge in [0.2, 0.25) is 0 Å². The van der Waals surface area contributed by atoms with Gasteiger partial charge in [0.1, 0.15) is 23.5 Å². The van der Waals surface area contributed by atoms with E-state index >= 15 is 0 Å². The quantitative estimate of drug-likeness (QED) is 0.664. The van der Waals surface area contributed by atoms with Crippen molar-refractivity contribution < 1.29 is 9.47 Å². The van der Waals surface area contributed by atoms with Gasteiger partial charge in [-0.05, 0) is 32.0 Å². The summed E-state index contributed by atoms with van der Waals surface area (Å²) in [6.45, 7) is 6.55. The summed E-state index contributed by atoms with van der Waals surface area (Å²) < 4.78 is 11.7. The number of para-hydroxylation sites is 1. The van der Waals surface area contributed by atoms with Crippen LogP contribution in [-0.2, 0) is 11.2 Å². The molecule has 0 spiro atoms. The fraction of sp³-hybridized carbons (Fsp3) is 0.381. The summed E-state index contributed by atoms with van der Waals surface area (Å²) >= 11 is 6.12. The van der Waals surface area contributed by atoms with Gasteiger partial charge in [-0.2, -0.15) is 5.10 Å². The van der Waals surface area contributed by atoms with Crippen molar-refractivity contribution in [3.8, 4) is 5.75 Å². The van der Waals surface area contributed by atoms with Gasteiger partial charge in [-0.15, -0.1) is 0 Å². The van der Waals surface area contributed by atoms with Crippen LogP contribution >= 0.6 is 11.6 Å². The molecule has 1 aliphatic rings. The monoisotopic (exact) mass is 413 g/mol. The van der Waals surface area contributed by atoms with Crippen LogP contribution in [-0.4, -0.2) is 46.5 Å². The van der Waals surface area contributed by atoms with Crippen LogP contribution in [0.15, 0.2) is 36.4 Å². The van der Waals surface area contributed by atoms with Crippen molar-refractivity contribution >= 4 is 17.4 Å². The van der Waals surface area contributed by atoms with Crippen molar-refractivity contribution in [2.45, 2.75) is 26.4 Å². The number of aromatic amines is 1. The fourth-order valence-corrected chi connectivity index (χ4v) is 3.59. The number of hydrogen-bond acceptors (Lipinski definition) is 6. The average Bonchev–Trinajstić information content (AvgIpc) is 3.18. The molecule has 1 aromatic carbocycles. The summed E-state index contributed by atoms with van der Waals surface area (Å²) in [6.07, 6.45) is 0.604. The van der Waals surface area contributed by atoms with Gasteiger partial charge in [0.05, 0.1) is 30.5 Å². The highest BCUT2D eigenvalue weighted by atomic mass is 35.5. The normalized spacial score (nSPS) is 16.8. The number of H-pyrrole nitrogens is 1. The second-order valence-electron chi connectivity index (χ2n) is 7.07. The number of benzene rings is 1. The molecule has 0 amide bonds. The maximum atomic E-state index is 6.12. The number of halogens is 1. The molecule has 0 unspecified atom stereocenters. The summed E-state index contributed by atoms with van der Waals surface area (Å²) in [5.41, 5.74) is 2.86. The highest BCUT2D eigenvalue weighted by Crippen LogP contribution is 2.26. The van der Waals surface area contributed by atoms with Crippen molar-refractivity contribution in [1.82, 2.24) is 20.2 Å². The van der Waals surface area contributed by atoms with E-state index in [0.29, 0.717) is 37.0 Å². The summed E-state index contributed by atoms with van der Waals surface area (Å²) in [5.74, 6) is 2.41. The predicted molar refractivity (Wildman–Crippen MR) is 112 cm³/mol. The van der Waals surface area contributed by atoms with Crippen molar-refractivity contribution in [2.75, 3.05) is 31.2 Å². The molecule has 4 rings (SSSR count). The lowest BCUT2D eigenvalue weighted by Crippen LogP contribution is -2.39. The molecular formula is C21H24ClN5O2. The van der Waals surface area contributed by atoms with Gasteiger partial charge in [0, 0.05) is 30.4 Å². The summed E-state index contributed by atoms with van der Waals surface area (Å²) in [4.78, 5) is 11.2. The van der Waals surface area contributed by atoms with Crippen LogP contribution in [0, 0.1) is 13.8 Å². The minimum atomic E-state index is -0.103. The molecular weight excluding hydrogens is 390 g/mol. The van der Waals surface area contributed by atoms with Crippen LogP contribution in [0.2, 0.25) is 5.02 Å². The van der Waals surface area contributed by atoms with Gasteiger partial charge < -0.3 is 14.4 Å². The molecule has 152 valence electrons. The lowest BCUT2D eigenvalue weighted by Gasteiger charge is -2.33. The maximum Gasteiger partial charge on any atom is 0.137 e. The van der Waals surface area contributed by atoms with Gasteiger partial charge in [-0.1, -0.05) is 23.7 Å². The zero-order chi connectivity index (χ0) is 20.2. The zero-order valence-corrected chi connectivity index (χ0v) is 17.3. The SMILES string of the molecule is Cc1cc(N2CCO[C@H](c3cc(CCOc4ccccc4Cl)[nH]n3)C2)nc(C)n1. The van der Waals surface area contributed by atoms with Crippen LogP contribution in [0.1, 0.15) is 29.0 Å². The number of aromatic nitrogens is 4. The third-order valence-corrected chi connectivity index (χ3v) is 5.10. The Balaban J connectivity index is 1.36. The molecule has 3 heterocycles. The largest absolute Gasteiger partial charge is 0.492 e. The minimum Gasteiger partial charge on any atom is -0.492 e. The third-order valence-electron chi connectivity index (χ3n) is 4.79. The van der Waals surface area contributed by atoms with Crippen LogP contribution in [0.4, 0.5) is 5.82 Å². The van der Waals surface area contributed by atoms with Gasteiger partial charge in [-0.25, -0.2) is 9.97 Å². The molecule has 1 aliphatic heterocycles. The Morgan fingerprint density at radius 1 is 1.24 bits per heavy atom. The molecule has 7 nitrogen and oxygen atoms in total. The van der Waals surface area contributed by atoms with Crippen LogP contribution in [0.3, 0.4) is 0 Å². The van der Waals surface area contributed by atoms with E-state index in [1.54, 1.807) is 0 Å². The van der Waals surface area contributed by atoms with Gasteiger partial charge in [0.15, 0.2) is 0 Å². The molecule has 3 aromatic rings. The number of rotatable bonds is 6. The topological polar surface area (TPSA) is 76.2 Å². The van der Waals surface area contributed by atoms with E-state index in [9.17, 15) is 0 Å². The van der Waals surface area contributed by atoms with E-state index in [4.69, 9.17) is 21.1 Å². The number of ether oxygens (including phenoxy) is 2. The molecule has 29 heavy (non-hydrogen) atoms. The lowest BCUT2D eigenvalue weighted by molar-refractivity contribution is 0.0367. The number of hydrogen-bond donors (Lipinski definition) is 1. The van der Waals surface area contributed by atoms with Gasteiger partial charge in [-0.3, -0.25) is 5.10 Å². The first-order chi connectivity index (χ1) is 14.1. The molecule has 0 bridgehead atoms. The molecule has 0 radical (unpaired) electrons. The summed E-state index contributed by atoms with van der Waals surface area (Å²) in [6, 6.07) is 11.5.